The highest BCUT2D eigenvalue weighted by atomic mass is 16.2. The predicted molar refractivity (Wildman–Crippen MR) is 109 cm³/mol. The first-order valence-electron chi connectivity index (χ1n) is 10.6. The fraction of sp³-hybridized carbons (Fsp3) is 0.545. The first kappa shape index (κ1) is 19.6. The third kappa shape index (κ3) is 3.78. The van der Waals surface area contributed by atoms with Crippen molar-refractivity contribution < 1.29 is 9.59 Å². The molecule has 2 fully saturated rings. The van der Waals surface area contributed by atoms with E-state index in [9.17, 15) is 9.59 Å². The Morgan fingerprint density at radius 2 is 2.17 bits per heavy atom. The topological polar surface area (TPSA) is 91.0 Å². The minimum Gasteiger partial charge on any atom is -0.355 e. The minimum atomic E-state index is -0.457. The summed E-state index contributed by atoms with van der Waals surface area (Å²) in [5, 5.41) is 9.99. The zero-order valence-electron chi connectivity index (χ0n) is 16.9. The zero-order chi connectivity index (χ0) is 20.3. The molecule has 0 aliphatic carbocycles. The summed E-state index contributed by atoms with van der Waals surface area (Å²) in [6, 6.07) is 6.03. The second-order valence-corrected chi connectivity index (χ2v) is 8.21. The molecule has 29 heavy (non-hydrogen) atoms. The van der Waals surface area contributed by atoms with Crippen LogP contribution in [0.1, 0.15) is 50.3 Å². The summed E-state index contributed by atoms with van der Waals surface area (Å²) >= 11 is 0. The average Bonchev–Trinajstić information content (AvgIpc) is 3.48. The monoisotopic (exact) mass is 395 g/mol. The molecule has 7 nitrogen and oxygen atoms in total. The van der Waals surface area contributed by atoms with E-state index in [2.05, 4.69) is 27.4 Å². The normalized spacial score (nSPS) is 25.3. The van der Waals surface area contributed by atoms with Gasteiger partial charge < -0.3 is 10.2 Å². The van der Waals surface area contributed by atoms with Crippen LogP contribution in [0.4, 0.5) is 0 Å². The van der Waals surface area contributed by atoms with Gasteiger partial charge in [0.15, 0.2) is 0 Å². The van der Waals surface area contributed by atoms with Gasteiger partial charge in [-0.2, -0.15) is 5.10 Å². The van der Waals surface area contributed by atoms with Gasteiger partial charge in [0.25, 0.3) is 0 Å². The van der Waals surface area contributed by atoms with Crippen LogP contribution in [-0.4, -0.2) is 50.5 Å². The van der Waals surface area contributed by atoms with Crippen molar-refractivity contribution in [3.8, 4) is 0 Å². The maximum atomic E-state index is 13.2. The second-order valence-electron chi connectivity index (χ2n) is 8.21. The minimum absolute atomic E-state index is 0.0195. The molecule has 2 N–H and O–H groups in total. The molecule has 2 bridgehead atoms. The number of carbonyl (C=O) groups excluding carboxylic acids is 2. The third-order valence-electron chi connectivity index (χ3n) is 6.70. The molecular weight excluding hydrogens is 366 g/mol. The Morgan fingerprint density at radius 1 is 1.28 bits per heavy atom. The Bertz CT molecular complexity index is 838. The van der Waals surface area contributed by atoms with E-state index >= 15 is 0 Å². The zero-order valence-corrected chi connectivity index (χ0v) is 16.9. The summed E-state index contributed by atoms with van der Waals surface area (Å²) in [5.41, 5.74) is 1.63. The molecule has 0 unspecified atom stereocenters. The fourth-order valence-electron chi connectivity index (χ4n) is 5.18. The maximum absolute atomic E-state index is 13.2. The average molecular weight is 396 g/mol. The number of aryl methyl sites for hydroxylation is 1. The van der Waals surface area contributed by atoms with Crippen LogP contribution in [0.25, 0.3) is 0 Å². The number of hydrogen-bond donors (Lipinski definition) is 2. The van der Waals surface area contributed by atoms with Gasteiger partial charge in [0.05, 0.1) is 5.41 Å². The van der Waals surface area contributed by atoms with E-state index in [1.165, 1.54) is 0 Å². The van der Waals surface area contributed by atoms with Gasteiger partial charge in [-0.05, 0) is 49.8 Å². The number of H-pyrrole nitrogens is 1. The van der Waals surface area contributed by atoms with E-state index in [0.29, 0.717) is 19.4 Å². The first-order chi connectivity index (χ1) is 14.1. The molecule has 2 saturated heterocycles. The summed E-state index contributed by atoms with van der Waals surface area (Å²) < 4.78 is 0. The van der Waals surface area contributed by atoms with Crippen LogP contribution in [0, 0.1) is 5.41 Å². The van der Waals surface area contributed by atoms with Crippen LogP contribution in [-0.2, 0) is 22.4 Å². The molecular formula is C22H29N5O2. The first-order valence-corrected chi connectivity index (χ1v) is 10.6. The summed E-state index contributed by atoms with van der Waals surface area (Å²) in [7, 11) is 0. The summed E-state index contributed by atoms with van der Waals surface area (Å²) in [6.45, 7) is 2.66. The predicted octanol–water partition coefficient (Wildman–Crippen LogP) is 2.26. The number of pyridine rings is 1. The van der Waals surface area contributed by atoms with E-state index in [0.717, 1.165) is 43.4 Å². The van der Waals surface area contributed by atoms with Crippen molar-refractivity contribution in [2.45, 2.75) is 64.0 Å². The number of rotatable bonds is 8. The van der Waals surface area contributed by atoms with Gasteiger partial charge in [-0.25, -0.2) is 0 Å². The van der Waals surface area contributed by atoms with E-state index in [-0.39, 0.29) is 23.9 Å². The number of carbonyl (C=O) groups is 2. The molecule has 154 valence electrons. The highest BCUT2D eigenvalue weighted by Gasteiger charge is 2.59. The lowest BCUT2D eigenvalue weighted by molar-refractivity contribution is -0.136. The molecule has 3 atom stereocenters. The molecule has 2 aliphatic rings. The van der Waals surface area contributed by atoms with Crippen molar-refractivity contribution >= 4 is 11.8 Å². The molecule has 0 saturated carbocycles. The van der Waals surface area contributed by atoms with E-state index in [1.54, 1.807) is 12.4 Å². The van der Waals surface area contributed by atoms with Crippen LogP contribution >= 0.6 is 0 Å². The summed E-state index contributed by atoms with van der Waals surface area (Å²) in [5.74, 6) is 0.263. The van der Waals surface area contributed by atoms with Crippen molar-refractivity contribution in [1.29, 1.82) is 0 Å². The molecule has 0 aromatic carbocycles. The van der Waals surface area contributed by atoms with Gasteiger partial charge in [-0.15, -0.1) is 0 Å². The Kier molecular flexibility index (Phi) is 5.65. The van der Waals surface area contributed by atoms with Crippen LogP contribution in [0.15, 0.2) is 36.8 Å². The van der Waals surface area contributed by atoms with Gasteiger partial charge in [0.1, 0.15) is 0 Å². The molecule has 7 heteroatoms. The second kappa shape index (κ2) is 8.35. The lowest BCUT2D eigenvalue weighted by Crippen LogP contribution is -2.50. The number of fused-ring (bicyclic) bond motifs is 2. The molecule has 0 spiro atoms. The lowest BCUT2D eigenvalue weighted by atomic mass is 9.71. The van der Waals surface area contributed by atoms with Crippen LogP contribution in [0.3, 0.4) is 0 Å². The number of aromatic amines is 1. The standard InChI is InChI=1S/C22H29N5O2/c1-2-22(21(29)24-12-9-17-10-13-25-26-17)14-18-6-7-19(22)27(18)20(28)8-5-16-4-3-11-23-15-16/h3-4,10-11,13,15,18-19H,2,5-9,12,14H2,1H3,(H,24,29)(H,25,26)/t18-,19+,22+/m0/s1. The third-order valence-corrected chi connectivity index (χ3v) is 6.70. The molecule has 2 amide bonds. The molecule has 4 rings (SSSR count). The van der Waals surface area contributed by atoms with Gasteiger partial charge in [0.2, 0.25) is 11.8 Å². The summed E-state index contributed by atoms with van der Waals surface area (Å²) in [6.07, 6.45) is 10.6. The van der Waals surface area contributed by atoms with Crippen LogP contribution in [0.5, 0.6) is 0 Å². The van der Waals surface area contributed by atoms with Crippen molar-refractivity contribution in [1.82, 2.24) is 25.4 Å². The molecule has 2 aromatic rings. The number of nitrogens with zero attached hydrogens (tertiary/aromatic N) is 3. The van der Waals surface area contributed by atoms with E-state index in [1.807, 2.05) is 29.3 Å². The highest BCUT2D eigenvalue weighted by molar-refractivity contribution is 5.87. The van der Waals surface area contributed by atoms with Gasteiger partial charge >= 0.3 is 0 Å². The van der Waals surface area contributed by atoms with Crippen molar-refractivity contribution in [3.05, 3.63) is 48.0 Å². The Morgan fingerprint density at radius 3 is 2.90 bits per heavy atom. The number of amides is 2. The smallest absolute Gasteiger partial charge is 0.228 e. The Labute approximate surface area is 171 Å². The van der Waals surface area contributed by atoms with Crippen LogP contribution < -0.4 is 5.32 Å². The number of hydrogen-bond acceptors (Lipinski definition) is 4. The summed E-state index contributed by atoms with van der Waals surface area (Å²) in [4.78, 5) is 32.4. The lowest BCUT2D eigenvalue weighted by Gasteiger charge is -2.35. The number of nitrogens with one attached hydrogen (secondary N) is 2. The SMILES string of the molecule is CC[C@@]1(C(=O)NCCc2ccn[nH]2)C[C@@H]2CC[C@H]1N2C(=O)CCc1cccnc1. The van der Waals surface area contributed by atoms with Crippen molar-refractivity contribution in [3.63, 3.8) is 0 Å². The van der Waals surface area contributed by atoms with Crippen LogP contribution in [0.2, 0.25) is 0 Å². The van der Waals surface area contributed by atoms with E-state index in [4.69, 9.17) is 0 Å². The Balaban J connectivity index is 1.38. The van der Waals surface area contributed by atoms with E-state index < -0.39 is 5.41 Å². The fourth-order valence-corrected chi connectivity index (χ4v) is 5.18. The van der Waals surface area contributed by atoms with Crippen molar-refractivity contribution in [2.75, 3.05) is 6.54 Å². The van der Waals surface area contributed by atoms with Gasteiger partial charge in [0, 0.05) is 55.8 Å². The molecule has 2 aromatic heterocycles. The largest absolute Gasteiger partial charge is 0.355 e. The molecule has 0 radical (unpaired) electrons. The Hall–Kier alpha value is -2.70. The van der Waals surface area contributed by atoms with Gasteiger partial charge in [-0.3, -0.25) is 19.7 Å². The molecule has 4 heterocycles. The maximum Gasteiger partial charge on any atom is 0.228 e. The molecule has 2 aliphatic heterocycles. The van der Waals surface area contributed by atoms with Crippen molar-refractivity contribution in [2.24, 2.45) is 5.41 Å². The quantitative estimate of drug-likeness (QED) is 0.717. The highest BCUT2D eigenvalue weighted by Crippen LogP contribution is 2.52. The van der Waals surface area contributed by atoms with Gasteiger partial charge in [-0.1, -0.05) is 13.0 Å². The number of aromatic nitrogens is 3.